The fourth-order valence-corrected chi connectivity index (χ4v) is 5.42. The Bertz CT molecular complexity index is 1310. The van der Waals surface area contributed by atoms with Gasteiger partial charge in [-0.2, -0.15) is 0 Å². The van der Waals surface area contributed by atoms with Crippen LogP contribution in [-0.4, -0.2) is 45.4 Å². The number of methoxy groups -OCH3 is 1. The number of anilines is 1. The van der Waals surface area contributed by atoms with Gasteiger partial charge in [0.05, 0.1) is 23.3 Å². The first-order chi connectivity index (χ1) is 17.1. The molecule has 0 radical (unpaired) electrons. The fourth-order valence-electron chi connectivity index (χ4n) is 3.43. The number of benzene rings is 1. The highest BCUT2D eigenvalue weighted by Gasteiger charge is 2.26. The maximum absolute atomic E-state index is 12.7. The molecule has 3 aromatic rings. The lowest BCUT2D eigenvalue weighted by molar-refractivity contribution is -0.113. The van der Waals surface area contributed by atoms with Crippen LogP contribution in [0.1, 0.15) is 56.9 Å². The molecule has 2 heterocycles. The number of nitrogens with one attached hydrogen (secondary N) is 1. The molecule has 0 aliphatic carbocycles. The second kappa shape index (κ2) is 11.8. The Balaban J connectivity index is 1.71. The van der Waals surface area contributed by atoms with E-state index in [1.807, 2.05) is 31.4 Å². The van der Waals surface area contributed by atoms with Gasteiger partial charge < -0.3 is 25.1 Å². The molecule has 3 N–H and O–H groups in total. The summed E-state index contributed by atoms with van der Waals surface area (Å²) in [6, 6.07) is 5.41. The number of aryl methyl sites for hydroxylation is 1. The van der Waals surface area contributed by atoms with Gasteiger partial charge in [0.1, 0.15) is 10.8 Å². The van der Waals surface area contributed by atoms with Crippen LogP contribution >= 0.6 is 34.7 Å². The molecule has 2 amide bonds. The number of carbonyl (C=O) groups excluding carboxylic acids is 3. The number of nitrogens with zero attached hydrogens (tertiary/aromatic N) is 3. The van der Waals surface area contributed by atoms with E-state index in [1.165, 1.54) is 18.9 Å². The minimum atomic E-state index is -0.689. The second-order valence-corrected chi connectivity index (χ2v) is 10.1. The number of aromatic nitrogens is 3. The van der Waals surface area contributed by atoms with Crippen LogP contribution in [0.5, 0.6) is 5.75 Å². The van der Waals surface area contributed by atoms with Crippen LogP contribution in [-0.2, 0) is 16.1 Å². The summed E-state index contributed by atoms with van der Waals surface area (Å²) in [5, 5.41) is 12.6. The van der Waals surface area contributed by atoms with Gasteiger partial charge in [0, 0.05) is 11.6 Å². The number of thiophene rings is 1. The van der Waals surface area contributed by atoms with E-state index in [0.717, 1.165) is 16.9 Å². The van der Waals surface area contributed by atoms with E-state index < -0.39 is 23.9 Å². The van der Waals surface area contributed by atoms with Crippen molar-refractivity contribution >= 4 is 57.5 Å². The van der Waals surface area contributed by atoms with Gasteiger partial charge in [0.25, 0.3) is 5.91 Å². The van der Waals surface area contributed by atoms with Gasteiger partial charge >= 0.3 is 5.97 Å². The lowest BCUT2D eigenvalue weighted by Crippen LogP contribution is -2.17. The summed E-state index contributed by atoms with van der Waals surface area (Å²) in [5.41, 5.74) is 6.77. The van der Waals surface area contributed by atoms with E-state index >= 15 is 0 Å². The Morgan fingerprint density at radius 3 is 2.61 bits per heavy atom. The van der Waals surface area contributed by atoms with Crippen LogP contribution < -0.4 is 15.8 Å². The van der Waals surface area contributed by atoms with Crippen molar-refractivity contribution in [2.45, 2.75) is 45.5 Å². The Labute approximate surface area is 221 Å². The Morgan fingerprint density at radius 2 is 2.00 bits per heavy atom. The van der Waals surface area contributed by atoms with E-state index in [9.17, 15) is 14.4 Å². The molecule has 0 spiro atoms. The molecule has 192 valence electrons. The predicted molar refractivity (Wildman–Crippen MR) is 139 cm³/mol. The molecular weight excluding hydrogens is 526 g/mol. The van der Waals surface area contributed by atoms with Crippen LogP contribution in [0.2, 0.25) is 5.02 Å². The van der Waals surface area contributed by atoms with Crippen molar-refractivity contribution in [2.24, 2.45) is 5.73 Å². The molecule has 1 atom stereocenters. The maximum atomic E-state index is 12.7. The van der Waals surface area contributed by atoms with Crippen LogP contribution in [0, 0.1) is 13.8 Å². The van der Waals surface area contributed by atoms with Gasteiger partial charge in [-0.1, -0.05) is 23.4 Å². The minimum Gasteiger partial charge on any atom is -0.483 e. The maximum Gasteiger partial charge on any atom is 0.341 e. The number of carbonyl (C=O) groups is 3. The molecule has 2 aromatic heterocycles. The summed E-state index contributed by atoms with van der Waals surface area (Å²) in [6.07, 6.45) is -0.398. The zero-order valence-corrected chi connectivity index (χ0v) is 22.8. The van der Waals surface area contributed by atoms with Crippen LogP contribution in [0.15, 0.2) is 23.4 Å². The van der Waals surface area contributed by atoms with E-state index in [1.54, 1.807) is 19.1 Å². The first-order valence-corrected chi connectivity index (χ1v) is 13.0. The standard InChI is InChI=1S/C23H26ClN5O5S2/c1-6-29-20(13(4)34-14-7-8-15(24)11(2)9-14)27-28-23(29)35-10-16(30)26-21-17(22(32)33-5)12(3)18(36-21)19(25)31/h7-9,13H,6,10H2,1-5H3,(H2,25,31)(H,26,30). The molecule has 0 aliphatic heterocycles. The number of esters is 1. The zero-order valence-electron chi connectivity index (χ0n) is 20.4. The van der Waals surface area contributed by atoms with Crippen LogP contribution in [0.25, 0.3) is 0 Å². The average molecular weight is 552 g/mol. The van der Waals surface area contributed by atoms with E-state index in [0.29, 0.717) is 33.9 Å². The molecule has 3 rings (SSSR count). The molecule has 0 fully saturated rings. The fraction of sp³-hybridized carbons (Fsp3) is 0.348. The van der Waals surface area contributed by atoms with Gasteiger partial charge in [-0.15, -0.1) is 21.5 Å². The van der Waals surface area contributed by atoms with Gasteiger partial charge in [-0.25, -0.2) is 4.79 Å². The minimum absolute atomic E-state index is 0.00673. The summed E-state index contributed by atoms with van der Waals surface area (Å²) in [7, 11) is 1.22. The topological polar surface area (TPSA) is 138 Å². The number of rotatable bonds is 10. The first-order valence-electron chi connectivity index (χ1n) is 10.9. The summed E-state index contributed by atoms with van der Waals surface area (Å²) < 4.78 is 12.7. The highest BCUT2D eigenvalue weighted by Crippen LogP contribution is 2.34. The molecule has 13 heteroatoms. The lowest BCUT2D eigenvalue weighted by atomic mass is 10.1. The summed E-state index contributed by atoms with van der Waals surface area (Å²) in [6.45, 7) is 7.85. The van der Waals surface area contributed by atoms with Gasteiger partial charge in [-0.05, 0) is 57.0 Å². The molecule has 0 aliphatic rings. The Hall–Kier alpha value is -3.09. The quantitative estimate of drug-likeness (QED) is 0.279. The monoisotopic (exact) mass is 551 g/mol. The largest absolute Gasteiger partial charge is 0.483 e. The van der Waals surface area contributed by atoms with Crippen molar-refractivity contribution in [1.29, 1.82) is 0 Å². The molecular formula is C23H26ClN5O5S2. The van der Waals surface area contributed by atoms with Crippen LogP contribution in [0.4, 0.5) is 5.00 Å². The van der Waals surface area contributed by atoms with Crippen molar-refractivity contribution in [1.82, 2.24) is 14.8 Å². The second-order valence-electron chi connectivity index (χ2n) is 7.71. The SMILES string of the molecule is CCn1c(SCC(=O)Nc2sc(C(N)=O)c(C)c2C(=O)OC)nnc1C(C)Oc1ccc(Cl)c(C)c1. The smallest absolute Gasteiger partial charge is 0.341 e. The number of amides is 2. The van der Waals surface area contributed by atoms with Crippen molar-refractivity contribution in [2.75, 3.05) is 18.2 Å². The third kappa shape index (κ3) is 6.00. The van der Waals surface area contributed by atoms with E-state index in [-0.39, 0.29) is 21.2 Å². The predicted octanol–water partition coefficient (Wildman–Crippen LogP) is 4.39. The molecule has 1 unspecified atom stereocenters. The number of nitrogens with two attached hydrogens (primary N) is 1. The number of primary amides is 1. The number of ether oxygens (including phenoxy) is 2. The van der Waals surface area contributed by atoms with E-state index in [4.69, 9.17) is 26.8 Å². The molecule has 0 bridgehead atoms. The third-order valence-electron chi connectivity index (χ3n) is 5.21. The summed E-state index contributed by atoms with van der Waals surface area (Å²) in [4.78, 5) is 36.8. The summed E-state index contributed by atoms with van der Waals surface area (Å²) >= 11 is 8.21. The normalized spacial score (nSPS) is 11.7. The molecule has 0 saturated heterocycles. The lowest BCUT2D eigenvalue weighted by Gasteiger charge is -2.16. The molecule has 1 aromatic carbocycles. The highest BCUT2D eigenvalue weighted by molar-refractivity contribution is 7.99. The number of halogens is 1. The van der Waals surface area contributed by atoms with Crippen molar-refractivity contribution in [3.63, 3.8) is 0 Å². The molecule has 36 heavy (non-hydrogen) atoms. The van der Waals surface area contributed by atoms with Crippen molar-refractivity contribution < 1.29 is 23.9 Å². The third-order valence-corrected chi connectivity index (χ3v) is 7.83. The zero-order chi connectivity index (χ0) is 26.6. The van der Waals surface area contributed by atoms with Crippen molar-refractivity contribution in [3.8, 4) is 5.75 Å². The van der Waals surface area contributed by atoms with Crippen LogP contribution in [0.3, 0.4) is 0 Å². The number of hydrogen-bond acceptors (Lipinski definition) is 9. The van der Waals surface area contributed by atoms with Gasteiger partial charge in [-0.3, -0.25) is 9.59 Å². The number of thioether (sulfide) groups is 1. The van der Waals surface area contributed by atoms with Gasteiger partial charge in [0.2, 0.25) is 5.91 Å². The highest BCUT2D eigenvalue weighted by atomic mass is 35.5. The molecule has 0 saturated carbocycles. The summed E-state index contributed by atoms with van der Waals surface area (Å²) in [5.74, 6) is -0.485. The molecule has 10 nitrogen and oxygen atoms in total. The Morgan fingerprint density at radius 1 is 1.28 bits per heavy atom. The Kier molecular flexibility index (Phi) is 8.98. The van der Waals surface area contributed by atoms with Crippen molar-refractivity contribution in [3.05, 3.63) is 50.6 Å². The van der Waals surface area contributed by atoms with Gasteiger partial charge in [0.15, 0.2) is 17.1 Å². The first kappa shape index (κ1) is 27.5. The average Bonchev–Trinajstić information content (AvgIpc) is 3.40. The number of hydrogen-bond donors (Lipinski definition) is 2. The van der Waals surface area contributed by atoms with E-state index in [2.05, 4.69) is 15.5 Å².